The summed E-state index contributed by atoms with van der Waals surface area (Å²) in [5, 5.41) is 6.64. The number of amides is 1. The van der Waals surface area contributed by atoms with Crippen molar-refractivity contribution in [3.63, 3.8) is 0 Å². The maximum absolute atomic E-state index is 13.1. The van der Waals surface area contributed by atoms with Crippen molar-refractivity contribution in [1.29, 1.82) is 0 Å². The molecule has 0 radical (unpaired) electrons. The van der Waals surface area contributed by atoms with Crippen molar-refractivity contribution in [3.8, 4) is 0 Å². The number of rotatable bonds is 4. The van der Waals surface area contributed by atoms with Gasteiger partial charge in [-0.15, -0.1) is 0 Å². The van der Waals surface area contributed by atoms with E-state index in [4.69, 9.17) is 0 Å². The topological polar surface area (TPSA) is 46.9 Å². The monoisotopic (exact) mass is 279 g/mol. The van der Waals surface area contributed by atoms with Crippen LogP contribution in [0.15, 0.2) is 30.3 Å². The molecule has 0 spiro atoms. The van der Waals surface area contributed by atoms with Gasteiger partial charge in [0.2, 0.25) is 0 Å². The van der Waals surface area contributed by atoms with Crippen molar-refractivity contribution in [2.24, 2.45) is 7.05 Å². The number of halogens is 2. The van der Waals surface area contributed by atoms with Crippen LogP contribution in [0.2, 0.25) is 0 Å². The first-order chi connectivity index (χ1) is 9.51. The highest BCUT2D eigenvalue weighted by molar-refractivity contribution is 5.92. The van der Waals surface area contributed by atoms with Crippen molar-refractivity contribution in [3.05, 3.63) is 53.1 Å². The zero-order chi connectivity index (χ0) is 14.7. The summed E-state index contributed by atoms with van der Waals surface area (Å²) in [6.45, 7) is 0.998. The van der Waals surface area contributed by atoms with Gasteiger partial charge in [-0.25, -0.2) is 8.78 Å². The molecule has 0 bridgehead atoms. The number of carbonyl (C=O) groups excluding carboxylic acids is 1. The fourth-order valence-corrected chi connectivity index (χ4v) is 1.96. The summed E-state index contributed by atoms with van der Waals surface area (Å²) in [6, 6.07) is 6.19. The predicted octanol–water partition coefficient (Wildman–Crippen LogP) is 2.31. The highest BCUT2D eigenvalue weighted by atomic mass is 19.1. The van der Waals surface area contributed by atoms with Crippen molar-refractivity contribution in [1.82, 2.24) is 15.1 Å². The Morgan fingerprint density at radius 1 is 1.40 bits per heavy atom. The summed E-state index contributed by atoms with van der Waals surface area (Å²) < 4.78 is 27.4. The second-order valence-electron chi connectivity index (χ2n) is 4.53. The smallest absolute Gasteiger partial charge is 0.270 e. The van der Waals surface area contributed by atoms with E-state index in [9.17, 15) is 13.6 Å². The standard InChI is InChI=1S/C14H15F2N3O/c1-9-7-13(19(2)18-9)14(20)17-12(8-15)10-3-5-11(16)6-4-10/h3-7,12H,8H2,1-2H3,(H,17,20)/t12-/m0/s1. The van der Waals surface area contributed by atoms with E-state index in [0.29, 0.717) is 17.0 Å². The summed E-state index contributed by atoms with van der Waals surface area (Å²) in [7, 11) is 1.64. The maximum Gasteiger partial charge on any atom is 0.270 e. The molecule has 6 heteroatoms. The van der Waals surface area contributed by atoms with Gasteiger partial charge in [-0.05, 0) is 30.7 Å². The van der Waals surface area contributed by atoms with Crippen LogP contribution in [0.3, 0.4) is 0 Å². The largest absolute Gasteiger partial charge is 0.341 e. The van der Waals surface area contributed by atoms with Crippen LogP contribution >= 0.6 is 0 Å². The quantitative estimate of drug-likeness (QED) is 0.933. The number of nitrogens with zero attached hydrogens (tertiary/aromatic N) is 2. The van der Waals surface area contributed by atoms with Crippen LogP contribution < -0.4 is 5.32 Å². The third kappa shape index (κ3) is 3.01. The molecule has 0 unspecified atom stereocenters. The Labute approximate surface area is 115 Å². The van der Waals surface area contributed by atoms with E-state index in [1.54, 1.807) is 20.0 Å². The molecule has 0 fully saturated rings. The Morgan fingerprint density at radius 2 is 2.05 bits per heavy atom. The van der Waals surface area contributed by atoms with E-state index in [2.05, 4.69) is 10.4 Å². The van der Waals surface area contributed by atoms with Crippen LogP contribution in [0.5, 0.6) is 0 Å². The van der Waals surface area contributed by atoms with E-state index in [0.717, 1.165) is 0 Å². The number of carbonyl (C=O) groups is 1. The lowest BCUT2D eigenvalue weighted by atomic mass is 10.1. The van der Waals surface area contributed by atoms with Gasteiger partial charge in [0.05, 0.1) is 11.7 Å². The molecule has 2 aromatic rings. The average molecular weight is 279 g/mol. The molecule has 0 aliphatic rings. The second kappa shape index (κ2) is 5.81. The fourth-order valence-electron chi connectivity index (χ4n) is 1.96. The van der Waals surface area contributed by atoms with Crippen molar-refractivity contribution in [2.45, 2.75) is 13.0 Å². The van der Waals surface area contributed by atoms with E-state index >= 15 is 0 Å². The number of aromatic nitrogens is 2. The second-order valence-corrected chi connectivity index (χ2v) is 4.53. The normalized spacial score (nSPS) is 12.2. The highest BCUT2D eigenvalue weighted by Crippen LogP contribution is 2.15. The molecule has 0 aliphatic heterocycles. The lowest BCUT2D eigenvalue weighted by molar-refractivity contribution is 0.0920. The first-order valence-corrected chi connectivity index (χ1v) is 6.14. The summed E-state index contributed by atoms with van der Waals surface area (Å²) in [5.74, 6) is -0.819. The third-order valence-electron chi connectivity index (χ3n) is 2.97. The van der Waals surface area contributed by atoms with Crippen LogP contribution in [0, 0.1) is 12.7 Å². The zero-order valence-electron chi connectivity index (χ0n) is 11.2. The van der Waals surface area contributed by atoms with Gasteiger partial charge in [0.15, 0.2) is 0 Å². The molecule has 2 rings (SSSR count). The van der Waals surface area contributed by atoms with Crippen LogP contribution in [0.25, 0.3) is 0 Å². The van der Waals surface area contributed by atoms with Crippen molar-refractivity contribution in [2.75, 3.05) is 6.67 Å². The molecule has 0 saturated carbocycles. The van der Waals surface area contributed by atoms with Gasteiger partial charge in [-0.1, -0.05) is 12.1 Å². The number of benzene rings is 1. The van der Waals surface area contributed by atoms with Crippen molar-refractivity contribution < 1.29 is 13.6 Å². The SMILES string of the molecule is Cc1cc(C(=O)N[C@@H](CF)c2ccc(F)cc2)n(C)n1. The highest BCUT2D eigenvalue weighted by Gasteiger charge is 2.18. The Kier molecular flexibility index (Phi) is 4.12. The van der Waals surface area contributed by atoms with Gasteiger partial charge in [0, 0.05) is 7.05 Å². The lowest BCUT2D eigenvalue weighted by Gasteiger charge is -2.15. The minimum Gasteiger partial charge on any atom is -0.341 e. The molecule has 1 heterocycles. The Morgan fingerprint density at radius 3 is 2.55 bits per heavy atom. The van der Waals surface area contributed by atoms with Gasteiger partial charge < -0.3 is 5.32 Å². The molecule has 1 aromatic heterocycles. The Balaban J connectivity index is 2.16. The van der Waals surface area contributed by atoms with Crippen molar-refractivity contribution >= 4 is 5.91 Å². The first kappa shape index (κ1) is 14.2. The van der Waals surface area contributed by atoms with Crippen LogP contribution in [0.1, 0.15) is 27.8 Å². The number of alkyl halides is 1. The van der Waals surface area contributed by atoms with Crippen LogP contribution in [-0.4, -0.2) is 22.4 Å². The zero-order valence-corrected chi connectivity index (χ0v) is 11.2. The average Bonchev–Trinajstić information content (AvgIpc) is 2.76. The van der Waals surface area contributed by atoms with E-state index in [1.807, 2.05) is 0 Å². The Hall–Kier alpha value is -2.24. The summed E-state index contributed by atoms with van der Waals surface area (Å²) in [6.07, 6.45) is 0. The number of aryl methyl sites for hydroxylation is 2. The van der Waals surface area contributed by atoms with Gasteiger partial charge in [0.1, 0.15) is 18.2 Å². The predicted molar refractivity (Wildman–Crippen MR) is 70.5 cm³/mol. The van der Waals surface area contributed by atoms with Gasteiger partial charge in [-0.3, -0.25) is 9.48 Å². The Bertz CT molecular complexity index is 607. The van der Waals surface area contributed by atoms with Gasteiger partial charge in [0.25, 0.3) is 5.91 Å². The molecule has 1 aromatic carbocycles. The summed E-state index contributed by atoms with van der Waals surface area (Å²) >= 11 is 0. The summed E-state index contributed by atoms with van der Waals surface area (Å²) in [4.78, 5) is 12.1. The van der Waals surface area contributed by atoms with Gasteiger partial charge >= 0.3 is 0 Å². The minimum atomic E-state index is -0.807. The molecular weight excluding hydrogens is 264 g/mol. The number of nitrogens with one attached hydrogen (secondary N) is 1. The number of hydrogen-bond acceptors (Lipinski definition) is 2. The molecule has 0 saturated heterocycles. The molecule has 4 nitrogen and oxygen atoms in total. The van der Waals surface area contributed by atoms with E-state index < -0.39 is 24.4 Å². The molecule has 20 heavy (non-hydrogen) atoms. The molecule has 1 atom stereocenters. The molecule has 1 amide bonds. The maximum atomic E-state index is 13.1. The summed E-state index contributed by atoms with van der Waals surface area (Å²) in [5.41, 5.74) is 1.57. The van der Waals surface area contributed by atoms with E-state index in [1.165, 1.54) is 28.9 Å². The van der Waals surface area contributed by atoms with E-state index in [-0.39, 0.29) is 0 Å². The molecule has 0 aliphatic carbocycles. The lowest BCUT2D eigenvalue weighted by Crippen LogP contribution is -2.31. The fraction of sp³-hybridized carbons (Fsp3) is 0.286. The van der Waals surface area contributed by atoms with Crippen LogP contribution in [0.4, 0.5) is 8.78 Å². The molecule has 1 N–H and O–H groups in total. The molecular formula is C14H15F2N3O. The van der Waals surface area contributed by atoms with Crippen LogP contribution in [-0.2, 0) is 7.05 Å². The number of hydrogen-bond donors (Lipinski definition) is 1. The van der Waals surface area contributed by atoms with Gasteiger partial charge in [-0.2, -0.15) is 5.10 Å². The molecule has 106 valence electrons. The minimum absolute atomic E-state index is 0.350. The first-order valence-electron chi connectivity index (χ1n) is 6.14. The third-order valence-corrected chi connectivity index (χ3v) is 2.97.